The summed E-state index contributed by atoms with van der Waals surface area (Å²) >= 11 is 0. The van der Waals surface area contributed by atoms with Crippen molar-refractivity contribution in [1.29, 1.82) is 0 Å². The molecule has 0 saturated carbocycles. The van der Waals surface area contributed by atoms with Crippen molar-refractivity contribution in [2.75, 3.05) is 38.1 Å². The van der Waals surface area contributed by atoms with Crippen LogP contribution in [-0.2, 0) is 5.54 Å². The highest BCUT2D eigenvalue weighted by atomic mass is 15.3. The molecule has 2 aromatic rings. The number of anilines is 1. The number of hydrogen-bond donors (Lipinski definition) is 0. The Hall–Kier alpha value is -1.69. The maximum Gasteiger partial charge on any atom is 0.163 e. The van der Waals surface area contributed by atoms with E-state index in [1.807, 2.05) is 10.9 Å². The minimum Gasteiger partial charge on any atom is -0.353 e. The molecule has 6 heteroatoms. The molecular weight excluding hydrogens is 252 g/mol. The highest BCUT2D eigenvalue weighted by Gasteiger charge is 2.22. The van der Waals surface area contributed by atoms with E-state index in [0.29, 0.717) is 0 Å². The van der Waals surface area contributed by atoms with Crippen LogP contribution >= 0.6 is 0 Å². The largest absolute Gasteiger partial charge is 0.353 e. The van der Waals surface area contributed by atoms with Crippen LogP contribution < -0.4 is 4.90 Å². The summed E-state index contributed by atoms with van der Waals surface area (Å²) in [6, 6.07) is 0. The third kappa shape index (κ3) is 2.24. The molecule has 0 unspecified atom stereocenters. The topological polar surface area (TPSA) is 50.1 Å². The Kier molecular flexibility index (Phi) is 3.12. The molecule has 20 heavy (non-hydrogen) atoms. The molecule has 0 bridgehead atoms. The van der Waals surface area contributed by atoms with Gasteiger partial charge in [-0.05, 0) is 27.8 Å². The van der Waals surface area contributed by atoms with Crippen molar-refractivity contribution >= 4 is 16.9 Å². The minimum absolute atomic E-state index is 0.0739. The van der Waals surface area contributed by atoms with Crippen LogP contribution in [0.4, 0.5) is 5.82 Å². The number of likely N-dealkylation sites (N-methyl/N-ethyl adjacent to an activating group) is 1. The molecule has 0 aromatic carbocycles. The highest BCUT2D eigenvalue weighted by molar-refractivity contribution is 5.86. The van der Waals surface area contributed by atoms with Gasteiger partial charge in [-0.3, -0.25) is 0 Å². The second kappa shape index (κ2) is 4.70. The molecule has 0 amide bonds. The number of rotatable bonds is 1. The Labute approximate surface area is 119 Å². The molecule has 0 radical (unpaired) electrons. The lowest BCUT2D eigenvalue weighted by Crippen LogP contribution is -2.44. The average Bonchev–Trinajstić information content (AvgIpc) is 2.83. The van der Waals surface area contributed by atoms with Crippen molar-refractivity contribution in [2.24, 2.45) is 0 Å². The van der Waals surface area contributed by atoms with Crippen molar-refractivity contribution < 1.29 is 0 Å². The summed E-state index contributed by atoms with van der Waals surface area (Å²) < 4.78 is 1.98. The average molecular weight is 274 g/mol. The number of fused-ring (bicyclic) bond motifs is 1. The summed E-state index contributed by atoms with van der Waals surface area (Å²) in [5.41, 5.74) is 0.844. The number of piperazine rings is 1. The van der Waals surface area contributed by atoms with Gasteiger partial charge in [-0.15, -0.1) is 0 Å². The summed E-state index contributed by atoms with van der Waals surface area (Å²) in [5, 5.41) is 5.56. The highest BCUT2D eigenvalue weighted by Crippen LogP contribution is 2.26. The molecular formula is C14H22N6. The van der Waals surface area contributed by atoms with E-state index in [9.17, 15) is 0 Å². The summed E-state index contributed by atoms with van der Waals surface area (Å²) in [4.78, 5) is 13.6. The van der Waals surface area contributed by atoms with Crippen molar-refractivity contribution in [3.63, 3.8) is 0 Å². The summed E-state index contributed by atoms with van der Waals surface area (Å²) in [7, 11) is 2.16. The van der Waals surface area contributed by atoms with Gasteiger partial charge in [0, 0.05) is 26.2 Å². The van der Waals surface area contributed by atoms with E-state index >= 15 is 0 Å². The van der Waals surface area contributed by atoms with Crippen LogP contribution in [0.25, 0.3) is 11.0 Å². The van der Waals surface area contributed by atoms with Crippen molar-refractivity contribution in [2.45, 2.75) is 26.3 Å². The van der Waals surface area contributed by atoms with E-state index in [1.54, 1.807) is 6.33 Å². The van der Waals surface area contributed by atoms with E-state index in [0.717, 1.165) is 43.0 Å². The molecule has 108 valence electrons. The van der Waals surface area contributed by atoms with Crippen molar-refractivity contribution in [1.82, 2.24) is 24.6 Å². The van der Waals surface area contributed by atoms with Crippen molar-refractivity contribution in [3.05, 3.63) is 12.5 Å². The van der Waals surface area contributed by atoms with Gasteiger partial charge in [0.15, 0.2) is 5.65 Å². The molecule has 1 aliphatic heterocycles. The van der Waals surface area contributed by atoms with Gasteiger partial charge in [0.1, 0.15) is 12.1 Å². The molecule has 1 aliphatic rings. The van der Waals surface area contributed by atoms with Gasteiger partial charge in [-0.1, -0.05) is 0 Å². The molecule has 1 fully saturated rings. The molecule has 0 spiro atoms. The Morgan fingerprint density at radius 1 is 1.05 bits per heavy atom. The second-order valence-corrected chi connectivity index (χ2v) is 6.45. The molecule has 2 aromatic heterocycles. The fourth-order valence-electron chi connectivity index (χ4n) is 2.59. The van der Waals surface area contributed by atoms with Gasteiger partial charge < -0.3 is 9.80 Å². The van der Waals surface area contributed by atoms with Crippen LogP contribution in [0.2, 0.25) is 0 Å². The molecule has 3 rings (SSSR count). The fourth-order valence-corrected chi connectivity index (χ4v) is 2.59. The van der Waals surface area contributed by atoms with Crippen LogP contribution in [0.1, 0.15) is 20.8 Å². The first kappa shape index (κ1) is 13.3. The fraction of sp³-hybridized carbons (Fsp3) is 0.643. The van der Waals surface area contributed by atoms with Crippen LogP contribution in [-0.4, -0.2) is 57.9 Å². The number of aromatic nitrogens is 4. The Morgan fingerprint density at radius 2 is 1.75 bits per heavy atom. The van der Waals surface area contributed by atoms with Gasteiger partial charge in [0.05, 0.1) is 17.1 Å². The Morgan fingerprint density at radius 3 is 2.40 bits per heavy atom. The SMILES string of the molecule is CN1CCN(c2ncnc3c2cnn3C(C)(C)C)CC1. The quantitative estimate of drug-likeness (QED) is 0.785. The van der Waals surface area contributed by atoms with Gasteiger partial charge in [0.25, 0.3) is 0 Å². The van der Waals surface area contributed by atoms with Gasteiger partial charge in [0.2, 0.25) is 0 Å². The third-order valence-corrected chi connectivity index (χ3v) is 3.78. The Bertz CT molecular complexity index is 604. The van der Waals surface area contributed by atoms with Gasteiger partial charge in [-0.2, -0.15) is 5.10 Å². The van der Waals surface area contributed by atoms with Crippen LogP contribution in [0, 0.1) is 0 Å². The predicted molar refractivity (Wildman–Crippen MR) is 80.0 cm³/mol. The van der Waals surface area contributed by atoms with E-state index in [2.05, 4.69) is 52.7 Å². The second-order valence-electron chi connectivity index (χ2n) is 6.45. The molecule has 0 atom stereocenters. The van der Waals surface area contributed by atoms with E-state index in [-0.39, 0.29) is 5.54 Å². The monoisotopic (exact) mass is 274 g/mol. The summed E-state index contributed by atoms with van der Waals surface area (Å²) in [6.07, 6.45) is 3.55. The number of hydrogen-bond acceptors (Lipinski definition) is 5. The molecule has 0 N–H and O–H groups in total. The van der Waals surface area contributed by atoms with Gasteiger partial charge in [-0.25, -0.2) is 14.6 Å². The first-order chi connectivity index (χ1) is 9.47. The predicted octanol–water partition coefficient (Wildman–Crippen LogP) is 1.33. The van der Waals surface area contributed by atoms with E-state index in [1.165, 1.54) is 0 Å². The van der Waals surface area contributed by atoms with E-state index < -0.39 is 0 Å². The first-order valence-electron chi connectivity index (χ1n) is 7.09. The molecule has 0 aliphatic carbocycles. The lowest BCUT2D eigenvalue weighted by Gasteiger charge is -2.33. The van der Waals surface area contributed by atoms with Crippen molar-refractivity contribution in [3.8, 4) is 0 Å². The van der Waals surface area contributed by atoms with Crippen LogP contribution in [0.3, 0.4) is 0 Å². The number of nitrogens with zero attached hydrogens (tertiary/aromatic N) is 6. The zero-order valence-corrected chi connectivity index (χ0v) is 12.7. The van der Waals surface area contributed by atoms with E-state index in [4.69, 9.17) is 0 Å². The molecule has 3 heterocycles. The lowest BCUT2D eigenvalue weighted by atomic mass is 10.1. The standard InChI is InChI=1S/C14H22N6/c1-14(2,3)20-13-11(9-17-20)12(15-10-16-13)19-7-5-18(4)6-8-19/h9-10H,5-8H2,1-4H3. The third-order valence-electron chi connectivity index (χ3n) is 3.78. The summed E-state index contributed by atoms with van der Waals surface area (Å²) in [6.45, 7) is 10.6. The van der Waals surface area contributed by atoms with Gasteiger partial charge >= 0.3 is 0 Å². The smallest absolute Gasteiger partial charge is 0.163 e. The zero-order valence-electron chi connectivity index (χ0n) is 12.7. The molecule has 6 nitrogen and oxygen atoms in total. The van der Waals surface area contributed by atoms with Crippen LogP contribution in [0.15, 0.2) is 12.5 Å². The molecule has 1 saturated heterocycles. The van der Waals surface area contributed by atoms with Crippen LogP contribution in [0.5, 0.6) is 0 Å². The normalized spacial score (nSPS) is 17.9. The maximum atomic E-state index is 4.51. The summed E-state index contributed by atoms with van der Waals surface area (Å²) in [5.74, 6) is 1.01. The Balaban J connectivity index is 2.03. The minimum atomic E-state index is -0.0739. The zero-order chi connectivity index (χ0) is 14.3. The first-order valence-corrected chi connectivity index (χ1v) is 7.09. The lowest BCUT2D eigenvalue weighted by molar-refractivity contribution is 0.312. The maximum absolute atomic E-state index is 4.51.